The molecule has 0 unspecified atom stereocenters. The molecule has 0 saturated heterocycles. The molecule has 0 saturated carbocycles. The minimum atomic E-state index is 0.944. The van der Waals surface area contributed by atoms with Crippen molar-refractivity contribution in [3.8, 4) is 0 Å². The molecule has 0 aliphatic heterocycles. The summed E-state index contributed by atoms with van der Waals surface area (Å²) in [4.78, 5) is 8.36. The van der Waals surface area contributed by atoms with Gasteiger partial charge >= 0.3 is 0 Å². The monoisotopic (exact) mass is 389 g/mol. The van der Waals surface area contributed by atoms with Gasteiger partial charge in [-0.05, 0) is 75.2 Å². The van der Waals surface area contributed by atoms with Crippen LogP contribution in [0.5, 0.6) is 0 Å². The summed E-state index contributed by atoms with van der Waals surface area (Å²) < 4.78 is 0. The summed E-state index contributed by atoms with van der Waals surface area (Å²) in [5, 5.41) is 0. The molecule has 154 valence electrons. The van der Waals surface area contributed by atoms with Gasteiger partial charge < -0.3 is 14.8 Å². The molecule has 3 nitrogen and oxygen atoms in total. The maximum absolute atomic E-state index is 3.61. The Bertz CT molecular complexity index is 782. The summed E-state index contributed by atoms with van der Waals surface area (Å²) >= 11 is 0. The fourth-order valence-electron chi connectivity index (χ4n) is 3.96. The SMILES string of the molecule is CCN(CC)c1ccc(Cc2ccc(Cc3ccc(N(CC)CC)cc3)[nH]2)cc1. The molecule has 1 heterocycles. The average molecular weight is 390 g/mol. The lowest BCUT2D eigenvalue weighted by Gasteiger charge is -2.21. The van der Waals surface area contributed by atoms with Gasteiger partial charge in [-0.1, -0.05) is 24.3 Å². The van der Waals surface area contributed by atoms with Crippen LogP contribution in [0.4, 0.5) is 11.4 Å². The van der Waals surface area contributed by atoms with Crippen molar-refractivity contribution >= 4 is 11.4 Å². The van der Waals surface area contributed by atoms with Crippen LogP contribution in [-0.4, -0.2) is 31.2 Å². The quantitative estimate of drug-likeness (QED) is 0.467. The molecule has 3 heteroatoms. The highest BCUT2D eigenvalue weighted by Crippen LogP contribution is 2.19. The topological polar surface area (TPSA) is 22.3 Å². The third kappa shape index (κ3) is 5.44. The molecular weight excluding hydrogens is 354 g/mol. The number of nitrogens with one attached hydrogen (secondary N) is 1. The number of nitrogens with zero attached hydrogens (tertiary/aromatic N) is 2. The van der Waals surface area contributed by atoms with Crippen molar-refractivity contribution in [2.24, 2.45) is 0 Å². The molecule has 0 fully saturated rings. The predicted molar refractivity (Wildman–Crippen MR) is 126 cm³/mol. The lowest BCUT2D eigenvalue weighted by Crippen LogP contribution is -2.21. The molecule has 1 N–H and O–H groups in total. The Morgan fingerprint density at radius 3 is 1.17 bits per heavy atom. The standard InChI is InChI=1S/C26H35N3/c1-5-28(6-2)25-15-9-21(10-16-25)19-23-13-14-24(27-23)20-22-11-17-26(18-12-22)29(7-3)8-4/h9-18,27H,5-8,19-20H2,1-4H3. The Balaban J connectivity index is 1.61. The van der Waals surface area contributed by atoms with E-state index in [2.05, 4.69) is 103 Å². The molecule has 3 rings (SSSR count). The van der Waals surface area contributed by atoms with Gasteiger partial charge in [0.1, 0.15) is 0 Å². The first-order valence-corrected chi connectivity index (χ1v) is 11.0. The Morgan fingerprint density at radius 2 is 0.862 bits per heavy atom. The number of hydrogen-bond acceptors (Lipinski definition) is 2. The zero-order valence-corrected chi connectivity index (χ0v) is 18.4. The van der Waals surface area contributed by atoms with Gasteiger partial charge in [0.25, 0.3) is 0 Å². The maximum Gasteiger partial charge on any atom is 0.0366 e. The fraction of sp³-hybridized carbons (Fsp3) is 0.385. The summed E-state index contributed by atoms with van der Waals surface area (Å²) in [5.41, 5.74) is 7.85. The first-order chi connectivity index (χ1) is 14.2. The van der Waals surface area contributed by atoms with Crippen LogP contribution in [-0.2, 0) is 12.8 Å². The Kier molecular flexibility index (Phi) is 7.40. The minimum Gasteiger partial charge on any atom is -0.372 e. The number of anilines is 2. The van der Waals surface area contributed by atoms with Crippen molar-refractivity contribution in [2.75, 3.05) is 36.0 Å². The highest BCUT2D eigenvalue weighted by atomic mass is 15.1. The Hall–Kier alpha value is -2.68. The number of aromatic nitrogens is 1. The maximum atomic E-state index is 3.61. The minimum absolute atomic E-state index is 0.944. The molecule has 0 bridgehead atoms. The molecule has 3 aromatic rings. The van der Waals surface area contributed by atoms with Gasteiger partial charge in [0, 0.05) is 61.8 Å². The smallest absolute Gasteiger partial charge is 0.0366 e. The second kappa shape index (κ2) is 10.2. The highest BCUT2D eigenvalue weighted by Gasteiger charge is 2.06. The van der Waals surface area contributed by atoms with Crippen LogP contribution < -0.4 is 9.80 Å². The van der Waals surface area contributed by atoms with Gasteiger partial charge in [-0.2, -0.15) is 0 Å². The summed E-state index contributed by atoms with van der Waals surface area (Å²) in [6.07, 6.45) is 1.89. The van der Waals surface area contributed by atoms with Gasteiger partial charge in [-0.15, -0.1) is 0 Å². The third-order valence-corrected chi connectivity index (χ3v) is 5.73. The Labute approximate surface area is 176 Å². The summed E-state index contributed by atoms with van der Waals surface area (Å²) in [7, 11) is 0. The van der Waals surface area contributed by atoms with Crippen molar-refractivity contribution < 1.29 is 0 Å². The molecule has 0 amide bonds. The van der Waals surface area contributed by atoms with E-state index in [1.807, 2.05) is 0 Å². The second-order valence-corrected chi connectivity index (χ2v) is 7.54. The molecule has 1 aromatic heterocycles. The average Bonchev–Trinajstić information content (AvgIpc) is 3.19. The first kappa shape index (κ1) is 21.0. The van der Waals surface area contributed by atoms with E-state index in [4.69, 9.17) is 0 Å². The van der Waals surface area contributed by atoms with Crippen molar-refractivity contribution in [3.63, 3.8) is 0 Å². The van der Waals surface area contributed by atoms with E-state index in [0.29, 0.717) is 0 Å². The first-order valence-electron chi connectivity index (χ1n) is 11.0. The molecule has 0 spiro atoms. The zero-order chi connectivity index (χ0) is 20.6. The number of hydrogen-bond donors (Lipinski definition) is 1. The summed E-state index contributed by atoms with van der Waals surface area (Å²) in [6.45, 7) is 13.0. The van der Waals surface area contributed by atoms with Crippen LogP contribution in [0.25, 0.3) is 0 Å². The van der Waals surface area contributed by atoms with Crippen molar-refractivity contribution in [3.05, 3.63) is 83.2 Å². The largest absolute Gasteiger partial charge is 0.372 e. The van der Waals surface area contributed by atoms with Gasteiger partial charge in [0.15, 0.2) is 0 Å². The number of aromatic amines is 1. The highest BCUT2D eigenvalue weighted by molar-refractivity contribution is 5.49. The Morgan fingerprint density at radius 1 is 0.517 bits per heavy atom. The van der Waals surface area contributed by atoms with Crippen LogP contribution >= 0.6 is 0 Å². The van der Waals surface area contributed by atoms with E-state index in [1.165, 1.54) is 33.9 Å². The molecule has 0 atom stereocenters. The van der Waals surface area contributed by atoms with E-state index < -0.39 is 0 Å². The van der Waals surface area contributed by atoms with Crippen molar-refractivity contribution in [1.82, 2.24) is 4.98 Å². The second-order valence-electron chi connectivity index (χ2n) is 7.54. The predicted octanol–water partition coefficient (Wildman–Crippen LogP) is 5.89. The third-order valence-electron chi connectivity index (χ3n) is 5.73. The van der Waals surface area contributed by atoms with Crippen LogP contribution in [0.3, 0.4) is 0 Å². The van der Waals surface area contributed by atoms with E-state index in [-0.39, 0.29) is 0 Å². The summed E-state index contributed by atoms with van der Waals surface area (Å²) in [5.74, 6) is 0. The normalized spacial score (nSPS) is 10.9. The molecular formula is C26H35N3. The lowest BCUT2D eigenvalue weighted by atomic mass is 10.1. The molecule has 29 heavy (non-hydrogen) atoms. The van der Waals surface area contributed by atoms with Crippen LogP contribution in [0.1, 0.15) is 50.2 Å². The van der Waals surface area contributed by atoms with Crippen LogP contribution in [0, 0.1) is 0 Å². The molecule has 0 aliphatic carbocycles. The van der Waals surface area contributed by atoms with Gasteiger partial charge in [-0.25, -0.2) is 0 Å². The zero-order valence-electron chi connectivity index (χ0n) is 18.4. The molecule has 0 aliphatic rings. The van der Waals surface area contributed by atoms with Gasteiger partial charge in [-0.3, -0.25) is 0 Å². The number of H-pyrrole nitrogens is 1. The van der Waals surface area contributed by atoms with E-state index in [9.17, 15) is 0 Å². The van der Waals surface area contributed by atoms with Crippen LogP contribution in [0.15, 0.2) is 60.7 Å². The van der Waals surface area contributed by atoms with Gasteiger partial charge in [0.2, 0.25) is 0 Å². The van der Waals surface area contributed by atoms with E-state index in [0.717, 1.165) is 39.0 Å². The number of rotatable bonds is 10. The van der Waals surface area contributed by atoms with Gasteiger partial charge in [0.05, 0.1) is 0 Å². The number of benzene rings is 2. The fourth-order valence-corrected chi connectivity index (χ4v) is 3.96. The van der Waals surface area contributed by atoms with E-state index >= 15 is 0 Å². The molecule has 2 aromatic carbocycles. The summed E-state index contributed by atoms with van der Waals surface area (Å²) in [6, 6.07) is 22.4. The lowest BCUT2D eigenvalue weighted by molar-refractivity contribution is 0.865. The van der Waals surface area contributed by atoms with Crippen LogP contribution in [0.2, 0.25) is 0 Å². The van der Waals surface area contributed by atoms with Crippen molar-refractivity contribution in [1.29, 1.82) is 0 Å². The van der Waals surface area contributed by atoms with E-state index in [1.54, 1.807) is 0 Å². The molecule has 0 radical (unpaired) electrons. The van der Waals surface area contributed by atoms with Crippen molar-refractivity contribution in [2.45, 2.75) is 40.5 Å².